The summed E-state index contributed by atoms with van der Waals surface area (Å²) in [5.41, 5.74) is 7.57. The first-order chi connectivity index (χ1) is 6.66. The van der Waals surface area contributed by atoms with Crippen LogP contribution in [0.2, 0.25) is 0 Å². The van der Waals surface area contributed by atoms with Gasteiger partial charge in [-0.15, -0.1) is 0 Å². The van der Waals surface area contributed by atoms with Crippen LogP contribution in [-0.2, 0) is 6.42 Å². The molecule has 14 heavy (non-hydrogen) atoms. The standard InChI is InChI=1S/C12H16N2/c1-8-6-11(8)7-9-2-4-10(5-3-9)12(13)14/h2-5,8,11H,6-7H2,1H3,(H3,13,14)/t8-,11+/m0/s1. The highest BCUT2D eigenvalue weighted by Gasteiger charge is 2.31. The van der Waals surface area contributed by atoms with Gasteiger partial charge in [0.2, 0.25) is 0 Å². The highest BCUT2D eigenvalue weighted by atomic mass is 14.7. The molecule has 1 aromatic carbocycles. The van der Waals surface area contributed by atoms with Gasteiger partial charge in [-0.3, -0.25) is 5.41 Å². The van der Waals surface area contributed by atoms with Gasteiger partial charge in [-0.25, -0.2) is 0 Å². The topological polar surface area (TPSA) is 49.9 Å². The molecule has 1 saturated carbocycles. The van der Waals surface area contributed by atoms with Crippen molar-refractivity contribution in [3.05, 3.63) is 35.4 Å². The van der Waals surface area contributed by atoms with Gasteiger partial charge in [-0.2, -0.15) is 0 Å². The summed E-state index contributed by atoms with van der Waals surface area (Å²) >= 11 is 0. The van der Waals surface area contributed by atoms with Gasteiger partial charge in [0, 0.05) is 5.56 Å². The number of nitrogens with one attached hydrogen (secondary N) is 1. The maximum Gasteiger partial charge on any atom is 0.122 e. The molecule has 74 valence electrons. The van der Waals surface area contributed by atoms with Crippen LogP contribution in [0.1, 0.15) is 24.5 Å². The SMILES string of the molecule is C[C@H]1C[C@@H]1Cc1ccc(C(=N)N)cc1. The van der Waals surface area contributed by atoms with Gasteiger partial charge < -0.3 is 5.73 Å². The number of rotatable bonds is 3. The van der Waals surface area contributed by atoms with Crippen molar-refractivity contribution in [2.45, 2.75) is 19.8 Å². The van der Waals surface area contributed by atoms with Crippen molar-refractivity contribution < 1.29 is 0 Å². The predicted octanol–water partition coefficient (Wildman–Crippen LogP) is 2.17. The number of benzene rings is 1. The van der Waals surface area contributed by atoms with Crippen LogP contribution >= 0.6 is 0 Å². The van der Waals surface area contributed by atoms with Crippen molar-refractivity contribution in [2.24, 2.45) is 17.6 Å². The summed E-state index contributed by atoms with van der Waals surface area (Å²) in [7, 11) is 0. The third-order valence-electron chi connectivity index (χ3n) is 3.04. The van der Waals surface area contributed by atoms with E-state index in [9.17, 15) is 0 Å². The summed E-state index contributed by atoms with van der Waals surface area (Å²) in [6.45, 7) is 2.30. The first-order valence-corrected chi connectivity index (χ1v) is 5.10. The third kappa shape index (κ3) is 1.95. The van der Waals surface area contributed by atoms with E-state index in [1.165, 1.54) is 18.4 Å². The Kier molecular flexibility index (Phi) is 2.28. The molecule has 1 aromatic rings. The van der Waals surface area contributed by atoms with Gasteiger partial charge in [0.15, 0.2) is 0 Å². The molecule has 1 aliphatic rings. The van der Waals surface area contributed by atoms with Gasteiger partial charge in [-0.05, 0) is 30.2 Å². The number of nitrogen functional groups attached to an aromatic ring is 1. The lowest BCUT2D eigenvalue weighted by Gasteiger charge is -2.01. The Morgan fingerprint density at radius 1 is 1.43 bits per heavy atom. The second kappa shape index (κ2) is 3.45. The Labute approximate surface area is 84.6 Å². The van der Waals surface area contributed by atoms with Gasteiger partial charge in [0.05, 0.1) is 0 Å². The summed E-state index contributed by atoms with van der Waals surface area (Å²) in [6, 6.07) is 8.04. The van der Waals surface area contributed by atoms with Crippen LogP contribution in [0.25, 0.3) is 0 Å². The number of hydrogen-bond acceptors (Lipinski definition) is 1. The van der Waals surface area contributed by atoms with Crippen molar-refractivity contribution in [3.63, 3.8) is 0 Å². The molecule has 0 unspecified atom stereocenters. The molecule has 0 heterocycles. The molecule has 2 heteroatoms. The molecule has 1 aliphatic carbocycles. The lowest BCUT2D eigenvalue weighted by atomic mass is 10.1. The molecule has 0 radical (unpaired) electrons. The largest absolute Gasteiger partial charge is 0.384 e. The van der Waals surface area contributed by atoms with Gasteiger partial charge in [0.1, 0.15) is 5.84 Å². The second-order valence-corrected chi connectivity index (χ2v) is 4.29. The fourth-order valence-electron chi connectivity index (χ4n) is 1.81. The molecular formula is C12H16N2. The van der Waals surface area contributed by atoms with Crippen LogP contribution in [0.5, 0.6) is 0 Å². The van der Waals surface area contributed by atoms with E-state index in [0.29, 0.717) is 0 Å². The van der Waals surface area contributed by atoms with E-state index < -0.39 is 0 Å². The lowest BCUT2D eigenvalue weighted by Crippen LogP contribution is -2.10. The fourth-order valence-corrected chi connectivity index (χ4v) is 1.81. The highest BCUT2D eigenvalue weighted by Crippen LogP contribution is 2.40. The summed E-state index contributed by atoms with van der Waals surface area (Å²) < 4.78 is 0. The highest BCUT2D eigenvalue weighted by molar-refractivity contribution is 5.94. The van der Waals surface area contributed by atoms with Crippen molar-refractivity contribution in [1.82, 2.24) is 0 Å². The maximum atomic E-state index is 7.27. The Hall–Kier alpha value is -1.31. The number of amidine groups is 1. The first kappa shape index (κ1) is 9.25. The molecule has 0 amide bonds. The Balaban J connectivity index is 2.02. The normalized spacial score (nSPS) is 24.6. The number of hydrogen-bond donors (Lipinski definition) is 2. The zero-order valence-electron chi connectivity index (χ0n) is 8.46. The molecule has 0 bridgehead atoms. The van der Waals surface area contributed by atoms with E-state index in [4.69, 9.17) is 11.1 Å². The van der Waals surface area contributed by atoms with Crippen LogP contribution in [0.3, 0.4) is 0 Å². The van der Waals surface area contributed by atoms with Crippen LogP contribution < -0.4 is 5.73 Å². The molecular weight excluding hydrogens is 172 g/mol. The van der Waals surface area contributed by atoms with Gasteiger partial charge in [-0.1, -0.05) is 31.2 Å². The van der Waals surface area contributed by atoms with Crippen molar-refractivity contribution in [3.8, 4) is 0 Å². The van der Waals surface area contributed by atoms with Crippen LogP contribution in [0.15, 0.2) is 24.3 Å². The molecule has 2 nitrogen and oxygen atoms in total. The minimum absolute atomic E-state index is 0.149. The molecule has 1 fully saturated rings. The third-order valence-corrected chi connectivity index (χ3v) is 3.04. The quantitative estimate of drug-likeness (QED) is 0.554. The van der Waals surface area contributed by atoms with Crippen LogP contribution in [0, 0.1) is 17.2 Å². The van der Waals surface area contributed by atoms with Gasteiger partial charge in [0.25, 0.3) is 0 Å². The molecule has 0 aliphatic heterocycles. The summed E-state index contributed by atoms with van der Waals surface area (Å²) in [4.78, 5) is 0. The molecule has 0 spiro atoms. The zero-order chi connectivity index (χ0) is 10.1. The maximum absolute atomic E-state index is 7.27. The monoisotopic (exact) mass is 188 g/mol. The van der Waals surface area contributed by atoms with Crippen molar-refractivity contribution in [1.29, 1.82) is 5.41 Å². The summed E-state index contributed by atoms with van der Waals surface area (Å²) in [5.74, 6) is 1.94. The number of nitrogens with two attached hydrogens (primary N) is 1. The van der Waals surface area contributed by atoms with E-state index in [-0.39, 0.29) is 5.84 Å². The van der Waals surface area contributed by atoms with Crippen molar-refractivity contribution >= 4 is 5.84 Å². The lowest BCUT2D eigenvalue weighted by molar-refractivity contribution is 0.747. The Morgan fingerprint density at radius 2 is 2.00 bits per heavy atom. The van der Waals surface area contributed by atoms with Crippen LogP contribution in [0.4, 0.5) is 0 Å². The Morgan fingerprint density at radius 3 is 2.43 bits per heavy atom. The molecule has 2 atom stereocenters. The fraction of sp³-hybridized carbons (Fsp3) is 0.417. The van der Waals surface area contributed by atoms with Crippen molar-refractivity contribution in [2.75, 3.05) is 0 Å². The van der Waals surface area contributed by atoms with E-state index >= 15 is 0 Å². The average Bonchev–Trinajstić information content (AvgIpc) is 2.82. The predicted molar refractivity (Wildman–Crippen MR) is 58.4 cm³/mol. The average molecular weight is 188 g/mol. The smallest absolute Gasteiger partial charge is 0.122 e. The summed E-state index contributed by atoms with van der Waals surface area (Å²) in [5, 5.41) is 7.27. The van der Waals surface area contributed by atoms with E-state index in [1.807, 2.05) is 12.1 Å². The van der Waals surface area contributed by atoms with E-state index in [2.05, 4.69) is 19.1 Å². The van der Waals surface area contributed by atoms with E-state index in [1.54, 1.807) is 0 Å². The summed E-state index contributed by atoms with van der Waals surface area (Å²) in [6.07, 6.45) is 2.55. The first-order valence-electron chi connectivity index (χ1n) is 5.10. The minimum Gasteiger partial charge on any atom is -0.384 e. The molecule has 3 N–H and O–H groups in total. The van der Waals surface area contributed by atoms with Crippen LogP contribution in [-0.4, -0.2) is 5.84 Å². The second-order valence-electron chi connectivity index (χ2n) is 4.29. The zero-order valence-corrected chi connectivity index (χ0v) is 8.46. The molecule has 0 aromatic heterocycles. The minimum atomic E-state index is 0.149. The Bertz CT molecular complexity index is 340. The molecule has 0 saturated heterocycles. The van der Waals surface area contributed by atoms with E-state index in [0.717, 1.165) is 17.4 Å². The molecule has 2 rings (SSSR count). The van der Waals surface area contributed by atoms with Gasteiger partial charge >= 0.3 is 0 Å².